The summed E-state index contributed by atoms with van der Waals surface area (Å²) in [6.07, 6.45) is 1.50. The molecule has 156 valence electrons. The van der Waals surface area contributed by atoms with Gasteiger partial charge in [-0.2, -0.15) is 0 Å². The van der Waals surface area contributed by atoms with Crippen molar-refractivity contribution in [1.29, 1.82) is 0 Å². The van der Waals surface area contributed by atoms with E-state index in [0.29, 0.717) is 17.7 Å². The van der Waals surface area contributed by atoms with Crippen LogP contribution in [0.3, 0.4) is 0 Å². The molecule has 0 aliphatic carbocycles. The molecule has 8 nitrogen and oxygen atoms in total. The first-order chi connectivity index (χ1) is 14.3. The van der Waals surface area contributed by atoms with Crippen molar-refractivity contribution in [3.8, 4) is 5.69 Å². The zero-order valence-electron chi connectivity index (χ0n) is 17.3. The van der Waals surface area contributed by atoms with E-state index in [1.807, 2.05) is 24.5 Å². The number of esters is 1. The summed E-state index contributed by atoms with van der Waals surface area (Å²) < 4.78 is 6.96. The molecule has 3 rings (SSSR count). The first kappa shape index (κ1) is 21.0. The zero-order valence-corrected chi connectivity index (χ0v) is 17.3. The highest BCUT2D eigenvalue weighted by atomic mass is 16.5. The van der Waals surface area contributed by atoms with E-state index in [1.165, 1.54) is 6.08 Å². The summed E-state index contributed by atoms with van der Waals surface area (Å²) in [6.45, 7) is 7.66. The van der Waals surface area contributed by atoms with Gasteiger partial charge in [-0.15, -0.1) is 0 Å². The van der Waals surface area contributed by atoms with E-state index in [0.717, 1.165) is 22.0 Å². The third-order valence-electron chi connectivity index (χ3n) is 4.91. The van der Waals surface area contributed by atoms with Gasteiger partial charge in [-0.1, -0.05) is 0 Å². The molecule has 8 heteroatoms. The van der Waals surface area contributed by atoms with Crippen molar-refractivity contribution in [3.05, 3.63) is 58.4 Å². The molecule has 1 aliphatic heterocycles. The van der Waals surface area contributed by atoms with Crippen LogP contribution in [-0.2, 0) is 14.3 Å². The maximum Gasteiger partial charge on any atom is 0.338 e. The highest BCUT2D eigenvalue weighted by Crippen LogP contribution is 2.24. The minimum atomic E-state index is -0.711. The van der Waals surface area contributed by atoms with Gasteiger partial charge >= 0.3 is 12.0 Å². The van der Waals surface area contributed by atoms with Crippen molar-refractivity contribution in [3.63, 3.8) is 0 Å². The number of urea groups is 1. The smallest absolute Gasteiger partial charge is 0.338 e. The third-order valence-corrected chi connectivity index (χ3v) is 4.91. The van der Waals surface area contributed by atoms with Crippen molar-refractivity contribution in [2.75, 3.05) is 13.2 Å². The number of likely N-dealkylation sites (N-methyl/N-ethyl adjacent to an activating group) is 1. The molecule has 1 aliphatic rings. The quantitative estimate of drug-likeness (QED) is 0.465. The van der Waals surface area contributed by atoms with E-state index in [9.17, 15) is 19.2 Å². The second kappa shape index (κ2) is 8.36. The SMILES string of the molecule is CCOC(=O)c1ccc(-n2c(C)cc(/C=C3\C(=O)NC(=O)N(CC)C3=O)c2C)cc1. The van der Waals surface area contributed by atoms with Gasteiger partial charge in [0.1, 0.15) is 5.57 Å². The predicted octanol–water partition coefficient (Wildman–Crippen LogP) is 2.75. The lowest BCUT2D eigenvalue weighted by Crippen LogP contribution is -2.53. The fourth-order valence-corrected chi connectivity index (χ4v) is 3.43. The molecule has 0 atom stereocenters. The Kier molecular flexibility index (Phi) is 5.86. The number of ether oxygens (including phenoxy) is 1. The molecular formula is C22H23N3O5. The van der Waals surface area contributed by atoms with E-state index in [1.54, 1.807) is 38.1 Å². The number of aromatic nitrogens is 1. The average Bonchev–Trinajstić information content (AvgIpc) is 2.98. The normalized spacial score (nSPS) is 15.5. The maximum atomic E-state index is 12.5. The van der Waals surface area contributed by atoms with Crippen LogP contribution in [0, 0.1) is 13.8 Å². The van der Waals surface area contributed by atoms with Crippen LogP contribution in [0.4, 0.5) is 4.79 Å². The Morgan fingerprint density at radius 2 is 1.77 bits per heavy atom. The van der Waals surface area contributed by atoms with Crippen LogP contribution in [0.5, 0.6) is 0 Å². The number of imide groups is 2. The largest absolute Gasteiger partial charge is 0.462 e. The second-order valence-electron chi connectivity index (χ2n) is 6.80. The molecule has 4 amide bonds. The minimum absolute atomic E-state index is 0.0886. The molecule has 0 radical (unpaired) electrons. The van der Waals surface area contributed by atoms with Gasteiger partial charge in [-0.3, -0.25) is 19.8 Å². The summed E-state index contributed by atoms with van der Waals surface area (Å²) in [5.74, 6) is -1.71. The van der Waals surface area contributed by atoms with Crippen molar-refractivity contribution in [2.24, 2.45) is 0 Å². The summed E-state index contributed by atoms with van der Waals surface area (Å²) >= 11 is 0. The molecule has 1 N–H and O–H groups in total. The van der Waals surface area contributed by atoms with Gasteiger partial charge in [0.05, 0.1) is 12.2 Å². The number of nitrogens with zero attached hydrogens (tertiary/aromatic N) is 2. The number of carbonyl (C=O) groups is 4. The van der Waals surface area contributed by atoms with Crippen LogP contribution in [0.1, 0.15) is 41.2 Å². The number of amides is 4. The van der Waals surface area contributed by atoms with Gasteiger partial charge in [0.25, 0.3) is 11.8 Å². The molecule has 1 fully saturated rings. The summed E-state index contributed by atoms with van der Waals surface area (Å²) in [6, 6.07) is 8.13. The molecule has 1 saturated heterocycles. The van der Waals surface area contributed by atoms with Crippen LogP contribution in [0.25, 0.3) is 11.8 Å². The van der Waals surface area contributed by atoms with Gasteiger partial charge in [0.15, 0.2) is 0 Å². The molecule has 0 unspecified atom stereocenters. The van der Waals surface area contributed by atoms with Gasteiger partial charge in [-0.05, 0) is 69.7 Å². The first-order valence-electron chi connectivity index (χ1n) is 9.63. The maximum absolute atomic E-state index is 12.5. The van der Waals surface area contributed by atoms with Crippen LogP contribution >= 0.6 is 0 Å². The Labute approximate surface area is 174 Å². The fraction of sp³-hybridized carbons (Fsp3) is 0.273. The topological polar surface area (TPSA) is 97.7 Å². The molecule has 0 saturated carbocycles. The molecular weight excluding hydrogens is 386 g/mol. The Balaban J connectivity index is 1.97. The zero-order chi connectivity index (χ0) is 22.0. The molecule has 2 aromatic rings. The highest BCUT2D eigenvalue weighted by molar-refractivity contribution is 6.31. The van der Waals surface area contributed by atoms with Crippen LogP contribution in [0.2, 0.25) is 0 Å². The van der Waals surface area contributed by atoms with Crippen LogP contribution < -0.4 is 5.32 Å². The fourth-order valence-electron chi connectivity index (χ4n) is 3.43. The molecule has 1 aromatic heterocycles. The molecule has 30 heavy (non-hydrogen) atoms. The minimum Gasteiger partial charge on any atom is -0.462 e. The highest BCUT2D eigenvalue weighted by Gasteiger charge is 2.34. The van der Waals surface area contributed by atoms with Crippen LogP contribution in [-0.4, -0.2) is 46.4 Å². The summed E-state index contributed by atoms with van der Waals surface area (Å²) in [5.41, 5.74) is 3.58. The average molecular weight is 409 g/mol. The Morgan fingerprint density at radius 1 is 1.10 bits per heavy atom. The molecule has 0 spiro atoms. The lowest BCUT2D eigenvalue weighted by Gasteiger charge is -2.24. The summed E-state index contributed by atoms with van der Waals surface area (Å²) in [4.78, 5) is 49.4. The van der Waals surface area contributed by atoms with Crippen molar-refractivity contribution in [2.45, 2.75) is 27.7 Å². The van der Waals surface area contributed by atoms with E-state index in [4.69, 9.17) is 4.74 Å². The number of nitrogens with one attached hydrogen (secondary N) is 1. The van der Waals surface area contributed by atoms with Crippen LogP contribution in [0.15, 0.2) is 35.9 Å². The van der Waals surface area contributed by atoms with E-state index < -0.39 is 17.8 Å². The molecule has 1 aromatic carbocycles. The van der Waals surface area contributed by atoms with E-state index >= 15 is 0 Å². The number of benzene rings is 1. The summed E-state index contributed by atoms with van der Waals surface area (Å²) in [5, 5.41) is 2.19. The number of rotatable bonds is 5. The van der Waals surface area contributed by atoms with Gasteiger partial charge < -0.3 is 9.30 Å². The Hall–Kier alpha value is -3.68. The number of hydrogen-bond donors (Lipinski definition) is 1. The number of aryl methyl sites for hydroxylation is 1. The lowest BCUT2D eigenvalue weighted by molar-refractivity contribution is -0.129. The number of barbiturate groups is 1. The standard InChI is InChI=1S/C22H23N3O5/c1-5-24-20(27)18(19(26)23-22(24)29)12-16-11-13(3)25(14(16)4)17-9-7-15(8-10-17)21(28)30-6-2/h7-12H,5-6H2,1-4H3,(H,23,26,29)/b18-12+. The van der Waals surface area contributed by atoms with Gasteiger partial charge in [0.2, 0.25) is 0 Å². The lowest BCUT2D eigenvalue weighted by atomic mass is 10.1. The molecule has 2 heterocycles. The first-order valence-corrected chi connectivity index (χ1v) is 9.63. The number of carbonyl (C=O) groups excluding carboxylic acids is 4. The predicted molar refractivity (Wildman–Crippen MR) is 110 cm³/mol. The Morgan fingerprint density at radius 3 is 2.37 bits per heavy atom. The Bertz CT molecular complexity index is 1060. The second-order valence-corrected chi connectivity index (χ2v) is 6.80. The van der Waals surface area contributed by atoms with E-state index in [-0.39, 0.29) is 18.1 Å². The van der Waals surface area contributed by atoms with Gasteiger partial charge in [0, 0.05) is 23.6 Å². The summed E-state index contributed by atoms with van der Waals surface area (Å²) in [7, 11) is 0. The monoisotopic (exact) mass is 409 g/mol. The molecule has 0 bridgehead atoms. The van der Waals surface area contributed by atoms with Crippen molar-refractivity contribution in [1.82, 2.24) is 14.8 Å². The van der Waals surface area contributed by atoms with Gasteiger partial charge in [-0.25, -0.2) is 9.59 Å². The third kappa shape index (κ3) is 3.76. The van der Waals surface area contributed by atoms with Crippen molar-refractivity contribution >= 4 is 29.9 Å². The van der Waals surface area contributed by atoms with E-state index in [2.05, 4.69) is 5.32 Å². The van der Waals surface area contributed by atoms with Crippen molar-refractivity contribution < 1.29 is 23.9 Å². The number of hydrogen-bond acceptors (Lipinski definition) is 5.